The lowest BCUT2D eigenvalue weighted by Crippen LogP contribution is -2.36. The van der Waals surface area contributed by atoms with Crippen LogP contribution in [-0.2, 0) is 12.0 Å². The summed E-state index contributed by atoms with van der Waals surface area (Å²) in [6.07, 6.45) is 1.40. The second kappa shape index (κ2) is 3.89. The molecule has 1 atom stereocenters. The van der Waals surface area contributed by atoms with Gasteiger partial charge in [0.05, 0.1) is 5.54 Å². The minimum absolute atomic E-state index is 0.243. The van der Waals surface area contributed by atoms with E-state index in [2.05, 4.69) is 0 Å². The van der Waals surface area contributed by atoms with Crippen molar-refractivity contribution in [2.75, 3.05) is 0 Å². The summed E-state index contributed by atoms with van der Waals surface area (Å²) in [6.45, 7) is 0. The third-order valence-corrected chi connectivity index (χ3v) is 3.70. The van der Waals surface area contributed by atoms with Gasteiger partial charge in [-0.15, -0.1) is 0 Å². The van der Waals surface area contributed by atoms with Gasteiger partial charge in [0, 0.05) is 5.56 Å². The van der Waals surface area contributed by atoms with Gasteiger partial charge >= 0.3 is 0 Å². The van der Waals surface area contributed by atoms with Crippen molar-refractivity contribution in [1.82, 2.24) is 0 Å². The van der Waals surface area contributed by atoms with Gasteiger partial charge in [-0.2, -0.15) is 0 Å². The van der Waals surface area contributed by atoms with Crippen molar-refractivity contribution >= 4 is 0 Å². The molecule has 0 radical (unpaired) electrons. The summed E-state index contributed by atoms with van der Waals surface area (Å²) in [5.41, 5.74) is 7.70. The van der Waals surface area contributed by atoms with Crippen LogP contribution in [-0.4, -0.2) is 0 Å². The van der Waals surface area contributed by atoms with Crippen molar-refractivity contribution in [3.05, 3.63) is 70.8 Å². The molecule has 2 N–H and O–H groups in total. The van der Waals surface area contributed by atoms with Crippen LogP contribution < -0.4 is 5.73 Å². The molecule has 0 aliphatic heterocycles. The van der Waals surface area contributed by atoms with Gasteiger partial charge in [0.25, 0.3) is 0 Å². The zero-order chi connectivity index (χ0) is 12.8. The minimum atomic E-state index is -0.914. The fraction of sp³-hybridized carbons (Fsp3) is 0.200. The average Bonchev–Trinajstić information content (AvgIpc) is 2.72. The summed E-state index contributed by atoms with van der Waals surface area (Å²) in [7, 11) is 0. The van der Waals surface area contributed by atoms with Crippen LogP contribution in [0.25, 0.3) is 0 Å². The summed E-state index contributed by atoms with van der Waals surface area (Å²) >= 11 is 0. The number of aryl methyl sites for hydroxylation is 1. The Labute approximate surface area is 104 Å². The lowest BCUT2D eigenvalue weighted by molar-refractivity contribution is 0.483. The molecule has 3 rings (SSSR count). The van der Waals surface area contributed by atoms with Crippen LogP contribution in [0.15, 0.2) is 42.5 Å². The number of fused-ring (bicyclic) bond motifs is 1. The van der Waals surface area contributed by atoms with E-state index >= 15 is 0 Å². The minimum Gasteiger partial charge on any atom is -0.318 e. The van der Waals surface area contributed by atoms with E-state index in [9.17, 15) is 8.78 Å². The number of hydrogen-bond acceptors (Lipinski definition) is 1. The second-order valence-corrected chi connectivity index (χ2v) is 4.75. The Hall–Kier alpha value is -1.74. The Balaban J connectivity index is 2.20. The first kappa shape index (κ1) is 11.4. The zero-order valence-electron chi connectivity index (χ0n) is 9.79. The van der Waals surface area contributed by atoms with Crippen molar-refractivity contribution in [2.45, 2.75) is 18.4 Å². The summed E-state index contributed by atoms with van der Waals surface area (Å²) in [5.74, 6) is -0.906. The van der Waals surface area contributed by atoms with Gasteiger partial charge in [-0.25, -0.2) is 8.78 Å². The third kappa shape index (κ3) is 1.55. The Bertz CT molecular complexity index is 609. The number of nitrogens with two attached hydrogens (primary N) is 1. The SMILES string of the molecule is NC1(c2cc(F)ccc2F)CCc2ccccc21. The lowest BCUT2D eigenvalue weighted by atomic mass is 9.85. The molecule has 0 saturated heterocycles. The quantitative estimate of drug-likeness (QED) is 0.820. The molecule has 0 amide bonds. The largest absolute Gasteiger partial charge is 0.318 e. The second-order valence-electron chi connectivity index (χ2n) is 4.75. The summed E-state index contributed by atoms with van der Waals surface area (Å²) in [6, 6.07) is 11.2. The Morgan fingerprint density at radius 2 is 1.78 bits per heavy atom. The van der Waals surface area contributed by atoms with Crippen LogP contribution in [0.5, 0.6) is 0 Å². The number of halogens is 2. The van der Waals surface area contributed by atoms with Crippen molar-refractivity contribution in [3.63, 3.8) is 0 Å². The van der Waals surface area contributed by atoms with Gasteiger partial charge < -0.3 is 5.73 Å². The highest BCUT2D eigenvalue weighted by atomic mass is 19.1. The van der Waals surface area contributed by atoms with E-state index in [1.807, 2.05) is 24.3 Å². The maximum absolute atomic E-state index is 13.9. The molecule has 92 valence electrons. The molecule has 1 nitrogen and oxygen atoms in total. The number of rotatable bonds is 1. The molecule has 0 saturated carbocycles. The van der Waals surface area contributed by atoms with Crippen LogP contribution in [0, 0.1) is 11.6 Å². The van der Waals surface area contributed by atoms with Crippen molar-refractivity contribution in [3.8, 4) is 0 Å². The Morgan fingerprint density at radius 1 is 1.00 bits per heavy atom. The van der Waals surface area contributed by atoms with E-state index in [1.165, 1.54) is 6.07 Å². The Morgan fingerprint density at radius 3 is 2.61 bits per heavy atom. The standard InChI is InChI=1S/C15H13F2N/c16-11-5-6-14(17)13(9-11)15(18)8-7-10-3-1-2-4-12(10)15/h1-6,9H,7-8,18H2. The van der Waals surface area contributed by atoms with E-state index in [1.54, 1.807) is 0 Å². The first-order chi connectivity index (χ1) is 8.61. The molecule has 0 aromatic heterocycles. The van der Waals surface area contributed by atoms with Crippen molar-refractivity contribution < 1.29 is 8.78 Å². The summed E-state index contributed by atoms with van der Waals surface area (Å²) in [5, 5.41) is 0. The normalized spacial score (nSPS) is 21.9. The van der Waals surface area contributed by atoms with Gasteiger partial charge in [0.2, 0.25) is 0 Å². The molecular weight excluding hydrogens is 232 g/mol. The van der Waals surface area contributed by atoms with Crippen LogP contribution >= 0.6 is 0 Å². The Kier molecular flexibility index (Phi) is 2.45. The van der Waals surface area contributed by atoms with Gasteiger partial charge in [0.15, 0.2) is 0 Å². The third-order valence-electron chi connectivity index (χ3n) is 3.70. The zero-order valence-corrected chi connectivity index (χ0v) is 9.79. The maximum atomic E-state index is 13.9. The van der Waals surface area contributed by atoms with Crippen LogP contribution in [0.4, 0.5) is 8.78 Å². The van der Waals surface area contributed by atoms with Gasteiger partial charge in [-0.3, -0.25) is 0 Å². The smallest absolute Gasteiger partial charge is 0.128 e. The molecule has 3 heteroatoms. The van der Waals surface area contributed by atoms with Crippen LogP contribution in [0.1, 0.15) is 23.1 Å². The molecule has 2 aromatic rings. The average molecular weight is 245 g/mol. The van der Waals surface area contributed by atoms with E-state index in [4.69, 9.17) is 5.73 Å². The van der Waals surface area contributed by atoms with E-state index < -0.39 is 17.2 Å². The highest BCUT2D eigenvalue weighted by molar-refractivity contribution is 5.47. The first-order valence-corrected chi connectivity index (χ1v) is 5.94. The van der Waals surface area contributed by atoms with Crippen LogP contribution in [0.3, 0.4) is 0 Å². The molecule has 0 spiro atoms. The molecule has 1 aliphatic rings. The maximum Gasteiger partial charge on any atom is 0.128 e. The first-order valence-electron chi connectivity index (χ1n) is 5.94. The van der Waals surface area contributed by atoms with Gasteiger partial charge in [-0.1, -0.05) is 24.3 Å². The van der Waals surface area contributed by atoms with Crippen molar-refractivity contribution in [2.24, 2.45) is 5.73 Å². The summed E-state index contributed by atoms with van der Waals surface area (Å²) < 4.78 is 27.2. The van der Waals surface area contributed by atoms with E-state index in [0.717, 1.165) is 29.7 Å². The topological polar surface area (TPSA) is 26.0 Å². The van der Waals surface area contributed by atoms with Crippen molar-refractivity contribution in [1.29, 1.82) is 0 Å². The number of benzene rings is 2. The fourth-order valence-corrected chi connectivity index (χ4v) is 2.76. The van der Waals surface area contributed by atoms with Gasteiger partial charge in [0.1, 0.15) is 11.6 Å². The highest BCUT2D eigenvalue weighted by Crippen LogP contribution is 2.40. The molecule has 1 unspecified atom stereocenters. The predicted octanol–water partition coefficient (Wildman–Crippen LogP) is 3.11. The molecule has 1 aliphatic carbocycles. The molecule has 2 aromatic carbocycles. The molecule has 0 fully saturated rings. The monoisotopic (exact) mass is 245 g/mol. The van der Waals surface area contributed by atoms with E-state index in [-0.39, 0.29) is 5.56 Å². The predicted molar refractivity (Wildman–Crippen MR) is 66.1 cm³/mol. The lowest BCUT2D eigenvalue weighted by Gasteiger charge is -2.26. The number of hydrogen-bond donors (Lipinski definition) is 1. The molecule has 0 bridgehead atoms. The molecule has 0 heterocycles. The van der Waals surface area contributed by atoms with Gasteiger partial charge in [-0.05, 0) is 42.2 Å². The molecule has 18 heavy (non-hydrogen) atoms. The fourth-order valence-electron chi connectivity index (χ4n) is 2.76. The summed E-state index contributed by atoms with van der Waals surface area (Å²) in [4.78, 5) is 0. The van der Waals surface area contributed by atoms with E-state index in [0.29, 0.717) is 6.42 Å². The van der Waals surface area contributed by atoms with Crippen LogP contribution in [0.2, 0.25) is 0 Å². The highest BCUT2D eigenvalue weighted by Gasteiger charge is 2.38. The molecular formula is C15H13F2N.